The van der Waals surface area contributed by atoms with E-state index in [-0.39, 0.29) is 17.7 Å². The lowest BCUT2D eigenvalue weighted by molar-refractivity contribution is -0.130. The highest BCUT2D eigenvalue weighted by Crippen LogP contribution is 2.17. The molecule has 0 fully saturated rings. The monoisotopic (exact) mass is 236 g/mol. The molecular formula is C13H20N2O2. The van der Waals surface area contributed by atoms with Crippen LogP contribution < -0.4 is 5.73 Å². The van der Waals surface area contributed by atoms with Gasteiger partial charge >= 0.3 is 0 Å². The van der Waals surface area contributed by atoms with Gasteiger partial charge in [0.05, 0.1) is 0 Å². The summed E-state index contributed by atoms with van der Waals surface area (Å²) in [7, 11) is 1.72. The lowest BCUT2D eigenvalue weighted by Crippen LogP contribution is -2.32. The van der Waals surface area contributed by atoms with Crippen LogP contribution >= 0.6 is 0 Å². The minimum Gasteiger partial charge on any atom is -0.508 e. The molecule has 1 rings (SSSR count). The topological polar surface area (TPSA) is 66.6 Å². The summed E-state index contributed by atoms with van der Waals surface area (Å²) < 4.78 is 0. The summed E-state index contributed by atoms with van der Waals surface area (Å²) in [6, 6.07) is 6.93. The Bertz CT molecular complexity index is 379. The number of carbonyl (C=O) groups is 1. The zero-order valence-corrected chi connectivity index (χ0v) is 10.4. The van der Waals surface area contributed by atoms with Crippen LogP contribution in [0.4, 0.5) is 0 Å². The van der Waals surface area contributed by atoms with Crippen molar-refractivity contribution in [1.29, 1.82) is 0 Å². The Kier molecular flexibility index (Phi) is 4.97. The molecule has 0 spiro atoms. The summed E-state index contributed by atoms with van der Waals surface area (Å²) in [6.45, 7) is 2.36. The number of aromatic hydroxyl groups is 1. The molecule has 3 N–H and O–H groups in total. The standard InChI is InChI=1S/C13H20N2O2/c1-3-11(14)8-13(17)15(2)9-10-6-4-5-7-12(10)16/h4-7,11,16H,3,8-9,14H2,1-2H3. The molecule has 0 bridgehead atoms. The summed E-state index contributed by atoms with van der Waals surface area (Å²) >= 11 is 0. The molecule has 4 heteroatoms. The molecule has 0 radical (unpaired) electrons. The van der Waals surface area contributed by atoms with Crippen LogP contribution in [0.5, 0.6) is 5.75 Å². The molecule has 1 unspecified atom stereocenters. The Balaban J connectivity index is 2.57. The van der Waals surface area contributed by atoms with Crippen molar-refractivity contribution in [1.82, 2.24) is 4.90 Å². The quantitative estimate of drug-likeness (QED) is 0.813. The molecule has 0 saturated carbocycles. The first-order valence-electron chi connectivity index (χ1n) is 5.81. The van der Waals surface area contributed by atoms with Crippen LogP contribution in [0.1, 0.15) is 25.3 Å². The van der Waals surface area contributed by atoms with Crippen LogP contribution in [0, 0.1) is 0 Å². The number of nitrogens with two attached hydrogens (primary N) is 1. The average molecular weight is 236 g/mol. The van der Waals surface area contributed by atoms with Crippen molar-refractivity contribution >= 4 is 5.91 Å². The zero-order valence-electron chi connectivity index (χ0n) is 10.4. The number of hydrogen-bond acceptors (Lipinski definition) is 3. The lowest BCUT2D eigenvalue weighted by atomic mass is 10.1. The van der Waals surface area contributed by atoms with Gasteiger partial charge in [-0.05, 0) is 12.5 Å². The maximum Gasteiger partial charge on any atom is 0.224 e. The molecule has 94 valence electrons. The average Bonchev–Trinajstić information content (AvgIpc) is 2.31. The van der Waals surface area contributed by atoms with E-state index in [1.165, 1.54) is 0 Å². The molecule has 0 aliphatic heterocycles. The number of phenolic OH excluding ortho intramolecular Hbond substituents is 1. The molecule has 0 aliphatic rings. The molecule has 1 aromatic rings. The molecule has 0 heterocycles. The summed E-state index contributed by atoms with van der Waals surface area (Å²) in [5, 5.41) is 9.61. The van der Waals surface area contributed by atoms with Gasteiger partial charge in [-0.2, -0.15) is 0 Å². The highest BCUT2D eigenvalue weighted by Gasteiger charge is 2.13. The normalized spacial score (nSPS) is 12.2. The van der Waals surface area contributed by atoms with Gasteiger partial charge in [0.2, 0.25) is 5.91 Å². The molecule has 17 heavy (non-hydrogen) atoms. The van der Waals surface area contributed by atoms with Crippen LogP contribution in [0.25, 0.3) is 0 Å². The van der Waals surface area contributed by atoms with Crippen molar-refractivity contribution in [3.63, 3.8) is 0 Å². The molecule has 0 aromatic heterocycles. The summed E-state index contributed by atoms with van der Waals surface area (Å²) in [6.07, 6.45) is 1.14. The summed E-state index contributed by atoms with van der Waals surface area (Å²) in [5.74, 6) is 0.217. The molecule has 1 aromatic carbocycles. The van der Waals surface area contributed by atoms with E-state index in [1.807, 2.05) is 13.0 Å². The molecule has 1 atom stereocenters. The predicted molar refractivity (Wildman–Crippen MR) is 67.5 cm³/mol. The van der Waals surface area contributed by atoms with Crippen LogP contribution in [-0.2, 0) is 11.3 Å². The second-order valence-electron chi connectivity index (χ2n) is 4.25. The first-order chi connectivity index (χ1) is 8.04. The van der Waals surface area contributed by atoms with Gasteiger partial charge in [-0.25, -0.2) is 0 Å². The van der Waals surface area contributed by atoms with Gasteiger partial charge in [-0.1, -0.05) is 25.1 Å². The van der Waals surface area contributed by atoms with E-state index in [9.17, 15) is 9.90 Å². The first kappa shape index (κ1) is 13.5. The second-order valence-corrected chi connectivity index (χ2v) is 4.25. The Morgan fingerprint density at radius 2 is 2.12 bits per heavy atom. The van der Waals surface area contributed by atoms with E-state index < -0.39 is 0 Å². The Morgan fingerprint density at radius 1 is 1.47 bits per heavy atom. The molecular weight excluding hydrogens is 216 g/mol. The SMILES string of the molecule is CCC(N)CC(=O)N(C)Cc1ccccc1O. The fourth-order valence-electron chi connectivity index (χ4n) is 1.51. The molecule has 1 amide bonds. The van der Waals surface area contributed by atoms with Crippen LogP contribution in [-0.4, -0.2) is 29.0 Å². The van der Waals surface area contributed by atoms with Crippen molar-refractivity contribution in [3.05, 3.63) is 29.8 Å². The van der Waals surface area contributed by atoms with Gasteiger partial charge in [-0.3, -0.25) is 4.79 Å². The zero-order chi connectivity index (χ0) is 12.8. The number of benzene rings is 1. The minimum absolute atomic E-state index is 0.00241. The molecule has 0 saturated heterocycles. The van der Waals surface area contributed by atoms with E-state index in [1.54, 1.807) is 30.1 Å². The number of hydrogen-bond donors (Lipinski definition) is 2. The largest absolute Gasteiger partial charge is 0.508 e. The Hall–Kier alpha value is -1.55. The van der Waals surface area contributed by atoms with E-state index in [0.717, 1.165) is 12.0 Å². The number of rotatable bonds is 5. The number of para-hydroxylation sites is 1. The maximum atomic E-state index is 11.8. The van der Waals surface area contributed by atoms with E-state index in [4.69, 9.17) is 5.73 Å². The van der Waals surface area contributed by atoms with Gasteiger partial charge in [0.15, 0.2) is 0 Å². The van der Waals surface area contributed by atoms with E-state index in [0.29, 0.717) is 13.0 Å². The van der Waals surface area contributed by atoms with E-state index in [2.05, 4.69) is 0 Å². The van der Waals surface area contributed by atoms with Gasteiger partial charge in [0, 0.05) is 31.6 Å². The van der Waals surface area contributed by atoms with Crippen molar-refractivity contribution in [2.45, 2.75) is 32.4 Å². The highest BCUT2D eigenvalue weighted by molar-refractivity contribution is 5.76. The Labute approximate surface area is 102 Å². The third-order valence-corrected chi connectivity index (χ3v) is 2.79. The predicted octanol–water partition coefficient (Wildman–Crippen LogP) is 1.48. The van der Waals surface area contributed by atoms with E-state index >= 15 is 0 Å². The summed E-state index contributed by atoms with van der Waals surface area (Å²) in [4.78, 5) is 13.4. The minimum atomic E-state index is -0.0886. The van der Waals surface area contributed by atoms with Gasteiger partial charge in [-0.15, -0.1) is 0 Å². The fraction of sp³-hybridized carbons (Fsp3) is 0.462. The highest BCUT2D eigenvalue weighted by atomic mass is 16.3. The van der Waals surface area contributed by atoms with Crippen molar-refractivity contribution in [2.24, 2.45) is 5.73 Å². The van der Waals surface area contributed by atoms with Crippen LogP contribution in [0.2, 0.25) is 0 Å². The molecule has 0 aliphatic carbocycles. The van der Waals surface area contributed by atoms with Crippen LogP contribution in [0.15, 0.2) is 24.3 Å². The van der Waals surface area contributed by atoms with Gasteiger partial charge in [0.1, 0.15) is 5.75 Å². The van der Waals surface area contributed by atoms with Gasteiger partial charge in [0.25, 0.3) is 0 Å². The Morgan fingerprint density at radius 3 is 2.71 bits per heavy atom. The first-order valence-corrected chi connectivity index (χ1v) is 5.81. The number of amides is 1. The fourth-order valence-corrected chi connectivity index (χ4v) is 1.51. The smallest absolute Gasteiger partial charge is 0.224 e. The van der Waals surface area contributed by atoms with Crippen molar-refractivity contribution in [2.75, 3.05) is 7.05 Å². The lowest BCUT2D eigenvalue weighted by Gasteiger charge is -2.19. The number of carbonyl (C=O) groups excluding carboxylic acids is 1. The molecule has 4 nitrogen and oxygen atoms in total. The maximum absolute atomic E-state index is 11.8. The third-order valence-electron chi connectivity index (χ3n) is 2.79. The van der Waals surface area contributed by atoms with Crippen LogP contribution in [0.3, 0.4) is 0 Å². The number of nitrogens with zero attached hydrogens (tertiary/aromatic N) is 1. The van der Waals surface area contributed by atoms with Crippen molar-refractivity contribution in [3.8, 4) is 5.75 Å². The summed E-state index contributed by atoms with van der Waals surface area (Å²) in [5.41, 5.74) is 6.48. The van der Waals surface area contributed by atoms with Gasteiger partial charge < -0.3 is 15.7 Å². The van der Waals surface area contributed by atoms with Crippen molar-refractivity contribution < 1.29 is 9.90 Å². The second kappa shape index (κ2) is 6.25. The third kappa shape index (κ3) is 4.07. The number of phenols is 1.